The highest BCUT2D eigenvalue weighted by Gasteiger charge is 2.16. The van der Waals surface area contributed by atoms with Gasteiger partial charge in [0.25, 0.3) is 0 Å². The molecule has 30 heavy (non-hydrogen) atoms. The van der Waals surface area contributed by atoms with E-state index in [-0.39, 0.29) is 17.3 Å². The van der Waals surface area contributed by atoms with E-state index in [0.29, 0.717) is 23.2 Å². The number of aldehydes is 1. The summed E-state index contributed by atoms with van der Waals surface area (Å²) in [6.07, 6.45) is 1.92. The number of aliphatic imine (C=N–C) groups is 1. The van der Waals surface area contributed by atoms with Crippen molar-refractivity contribution in [3.8, 4) is 5.75 Å². The Morgan fingerprint density at radius 2 is 1.73 bits per heavy atom. The second kappa shape index (κ2) is 10.7. The number of carbonyl (C=O) groups is 2. The zero-order valence-corrected chi connectivity index (χ0v) is 17.5. The number of hydrogen-bond donors (Lipinski definition) is 5. The van der Waals surface area contributed by atoms with Gasteiger partial charge in [-0.2, -0.15) is 4.99 Å². The van der Waals surface area contributed by atoms with Crippen LogP contribution in [0.1, 0.15) is 36.7 Å². The van der Waals surface area contributed by atoms with E-state index in [9.17, 15) is 14.7 Å². The summed E-state index contributed by atoms with van der Waals surface area (Å²) < 4.78 is 0. The molecule has 0 atom stereocenters. The summed E-state index contributed by atoms with van der Waals surface area (Å²) in [6.45, 7) is 7.24. The van der Waals surface area contributed by atoms with Gasteiger partial charge in [-0.05, 0) is 42.8 Å². The number of nitrogens with zero attached hydrogens (tertiary/aromatic N) is 1. The van der Waals surface area contributed by atoms with Gasteiger partial charge in [-0.25, -0.2) is 4.79 Å². The summed E-state index contributed by atoms with van der Waals surface area (Å²) in [5, 5.41) is 21.3. The monoisotopic (exact) mass is 412 g/mol. The molecule has 0 saturated carbocycles. The van der Waals surface area contributed by atoms with E-state index in [1.165, 1.54) is 12.1 Å². The van der Waals surface area contributed by atoms with Crippen LogP contribution in [0.15, 0.2) is 59.3 Å². The zero-order chi connectivity index (χ0) is 22.9. The standard InChI is InChI=1S/C14H20N4O2.C8H8O2/c1-14(2,3)11(19)8-12(16)18-13(20)17-10-6-4-9(15)5-7-10;1-6-3-2-4-8(10)7(6)5-9/h4-8,19H,15H2,1-3H3,(H3,16,17,18,20);2-5,10H,1H3/b11-8-;. The lowest BCUT2D eigenvalue weighted by Crippen LogP contribution is -2.18. The number of allylic oxidation sites excluding steroid dienone is 1. The zero-order valence-electron chi connectivity index (χ0n) is 17.5. The number of carbonyl (C=O) groups excluding carboxylic acids is 2. The number of phenolic OH excluding ortho intramolecular Hbond substituents is 1. The van der Waals surface area contributed by atoms with Crippen molar-refractivity contribution in [1.29, 1.82) is 0 Å². The van der Waals surface area contributed by atoms with E-state index in [1.54, 1.807) is 43.3 Å². The van der Waals surface area contributed by atoms with Crippen molar-refractivity contribution >= 4 is 29.5 Å². The summed E-state index contributed by atoms with van der Waals surface area (Å²) in [4.78, 5) is 25.5. The molecule has 2 aromatic carbocycles. The largest absolute Gasteiger partial charge is 0.512 e. The number of hydrogen-bond acceptors (Lipinski definition) is 5. The van der Waals surface area contributed by atoms with Crippen LogP contribution in [0.25, 0.3) is 0 Å². The third-order valence-corrected chi connectivity index (χ3v) is 3.86. The van der Waals surface area contributed by atoms with Gasteiger partial charge < -0.3 is 27.0 Å². The normalized spacial score (nSPS) is 11.9. The average molecular weight is 412 g/mol. The molecule has 0 spiro atoms. The van der Waals surface area contributed by atoms with Gasteiger partial charge in [0.2, 0.25) is 0 Å². The van der Waals surface area contributed by atoms with Gasteiger partial charge in [0.05, 0.1) is 5.56 Å². The number of benzene rings is 2. The Balaban J connectivity index is 0.000000375. The minimum Gasteiger partial charge on any atom is -0.512 e. The van der Waals surface area contributed by atoms with Gasteiger partial charge >= 0.3 is 6.03 Å². The molecule has 8 nitrogen and oxygen atoms in total. The van der Waals surface area contributed by atoms with Crippen LogP contribution in [0.3, 0.4) is 0 Å². The van der Waals surface area contributed by atoms with Crippen molar-refractivity contribution in [3.63, 3.8) is 0 Å². The number of rotatable bonds is 3. The predicted molar refractivity (Wildman–Crippen MR) is 120 cm³/mol. The van der Waals surface area contributed by atoms with Crippen LogP contribution >= 0.6 is 0 Å². The molecule has 2 rings (SSSR count). The van der Waals surface area contributed by atoms with Crippen molar-refractivity contribution in [1.82, 2.24) is 0 Å². The van der Waals surface area contributed by atoms with Crippen LogP contribution in [0.4, 0.5) is 16.2 Å². The summed E-state index contributed by atoms with van der Waals surface area (Å²) in [6, 6.07) is 11.0. The highest BCUT2D eigenvalue weighted by molar-refractivity contribution is 6.03. The Labute approximate surface area is 175 Å². The highest BCUT2D eigenvalue weighted by atomic mass is 16.3. The van der Waals surface area contributed by atoms with Crippen molar-refractivity contribution in [2.45, 2.75) is 27.7 Å². The molecule has 8 heteroatoms. The quantitative estimate of drug-likeness (QED) is 0.168. The van der Waals surface area contributed by atoms with Gasteiger partial charge in [-0.3, -0.25) is 4.79 Å². The van der Waals surface area contributed by atoms with Crippen molar-refractivity contribution in [3.05, 3.63) is 65.4 Å². The number of anilines is 2. The molecule has 7 N–H and O–H groups in total. The maximum absolute atomic E-state index is 11.6. The fourth-order valence-corrected chi connectivity index (χ4v) is 2.04. The minimum atomic E-state index is -0.620. The molecular weight excluding hydrogens is 384 g/mol. The number of nitrogens with one attached hydrogen (secondary N) is 1. The van der Waals surface area contributed by atoms with Gasteiger partial charge in [-0.1, -0.05) is 32.9 Å². The molecule has 0 aliphatic heterocycles. The Kier molecular flexibility index (Phi) is 8.61. The van der Waals surface area contributed by atoms with E-state index in [1.807, 2.05) is 20.8 Å². The first-order valence-electron chi connectivity index (χ1n) is 9.09. The van der Waals surface area contributed by atoms with Crippen molar-refractivity contribution < 1.29 is 19.8 Å². The highest BCUT2D eigenvalue weighted by Crippen LogP contribution is 2.22. The van der Waals surface area contributed by atoms with E-state index < -0.39 is 11.4 Å². The molecule has 0 bridgehead atoms. The predicted octanol–water partition coefficient (Wildman–Crippen LogP) is 4.16. The first-order chi connectivity index (χ1) is 13.9. The molecule has 0 heterocycles. The van der Waals surface area contributed by atoms with Crippen LogP contribution in [0, 0.1) is 12.3 Å². The topological polar surface area (TPSA) is 151 Å². The Morgan fingerprint density at radius 3 is 2.20 bits per heavy atom. The Hall–Kier alpha value is -3.81. The number of amidine groups is 1. The molecule has 0 aliphatic rings. The molecule has 0 radical (unpaired) electrons. The number of aromatic hydroxyl groups is 1. The first-order valence-corrected chi connectivity index (χ1v) is 9.09. The lowest BCUT2D eigenvalue weighted by atomic mass is 9.93. The van der Waals surface area contributed by atoms with Crippen LogP contribution < -0.4 is 16.8 Å². The van der Waals surface area contributed by atoms with E-state index in [2.05, 4.69) is 10.3 Å². The molecule has 0 unspecified atom stereocenters. The fourth-order valence-electron chi connectivity index (χ4n) is 2.04. The summed E-state index contributed by atoms with van der Waals surface area (Å²) in [5.41, 5.74) is 13.0. The molecular formula is C22H28N4O4. The third-order valence-electron chi connectivity index (χ3n) is 3.86. The number of nitrogen functional groups attached to an aromatic ring is 1. The number of aliphatic hydroxyl groups excluding tert-OH is 1. The van der Waals surface area contributed by atoms with Crippen LogP contribution in [0.5, 0.6) is 5.75 Å². The molecule has 0 saturated heterocycles. The van der Waals surface area contributed by atoms with Gasteiger partial charge in [0.1, 0.15) is 17.3 Å². The minimum absolute atomic E-state index is 0.0509. The average Bonchev–Trinajstić information content (AvgIpc) is 2.63. The third kappa shape index (κ3) is 8.05. The second-order valence-electron chi connectivity index (χ2n) is 7.49. The van der Waals surface area contributed by atoms with Gasteiger partial charge in [0.15, 0.2) is 6.29 Å². The Bertz CT molecular complexity index is 922. The van der Waals surface area contributed by atoms with Crippen LogP contribution in [-0.4, -0.2) is 28.4 Å². The summed E-state index contributed by atoms with van der Waals surface area (Å²) >= 11 is 0. The SMILES string of the molecule is CC(C)(C)/C(O)=C/C(N)=N\C(=O)Nc1ccc(N)cc1.Cc1cccc(O)c1C=O. The summed E-state index contributed by atoms with van der Waals surface area (Å²) in [7, 11) is 0. The number of aliphatic hydroxyl groups is 1. The molecule has 0 aliphatic carbocycles. The fraction of sp³-hybridized carbons (Fsp3) is 0.227. The smallest absolute Gasteiger partial charge is 0.347 e. The van der Waals surface area contributed by atoms with Crippen molar-refractivity contribution in [2.75, 3.05) is 11.1 Å². The van der Waals surface area contributed by atoms with Crippen LogP contribution in [0.2, 0.25) is 0 Å². The maximum atomic E-state index is 11.6. The lowest BCUT2D eigenvalue weighted by Gasteiger charge is -2.16. The number of nitrogens with two attached hydrogens (primary N) is 2. The van der Waals surface area contributed by atoms with E-state index in [4.69, 9.17) is 16.6 Å². The maximum Gasteiger partial charge on any atom is 0.347 e. The van der Waals surface area contributed by atoms with E-state index >= 15 is 0 Å². The number of urea groups is 1. The number of phenols is 1. The number of amides is 2. The molecule has 160 valence electrons. The van der Waals surface area contributed by atoms with Crippen molar-refractivity contribution in [2.24, 2.45) is 16.1 Å². The molecule has 2 amide bonds. The Morgan fingerprint density at radius 1 is 1.13 bits per heavy atom. The molecule has 0 fully saturated rings. The lowest BCUT2D eigenvalue weighted by molar-refractivity contribution is 0.112. The van der Waals surface area contributed by atoms with Gasteiger partial charge in [0, 0.05) is 22.9 Å². The van der Waals surface area contributed by atoms with E-state index in [0.717, 1.165) is 5.56 Å². The molecule has 2 aromatic rings. The second-order valence-corrected chi connectivity index (χ2v) is 7.49. The van der Waals surface area contributed by atoms with Gasteiger partial charge in [-0.15, -0.1) is 0 Å². The first kappa shape index (κ1) is 24.2. The van der Waals surface area contributed by atoms with Crippen LogP contribution in [-0.2, 0) is 0 Å². The molecule has 0 aromatic heterocycles. The number of aryl methyl sites for hydroxylation is 1. The summed E-state index contributed by atoms with van der Waals surface area (Å²) in [5.74, 6) is 0.0411.